The van der Waals surface area contributed by atoms with E-state index in [0.29, 0.717) is 29.9 Å². The summed E-state index contributed by atoms with van der Waals surface area (Å²) in [4.78, 5) is 25.3. The molecule has 0 saturated carbocycles. The van der Waals surface area contributed by atoms with E-state index in [-0.39, 0.29) is 0 Å². The highest BCUT2D eigenvalue weighted by atomic mass is 79.9. The molecule has 0 unspecified atom stereocenters. The van der Waals surface area contributed by atoms with E-state index in [1.165, 1.54) is 0 Å². The molecule has 34 heavy (non-hydrogen) atoms. The van der Waals surface area contributed by atoms with Crippen molar-refractivity contribution in [2.75, 3.05) is 6.61 Å². The third-order valence-electron chi connectivity index (χ3n) is 5.22. The Morgan fingerprint density at radius 1 is 0.706 bits per heavy atom. The highest BCUT2D eigenvalue weighted by molar-refractivity contribution is 9.10. The second kappa shape index (κ2) is 11.3. The molecular formula is C28H23BrN2O3. The van der Waals surface area contributed by atoms with Crippen molar-refractivity contribution in [1.82, 2.24) is 10.9 Å². The summed E-state index contributed by atoms with van der Waals surface area (Å²) in [5.41, 5.74) is 8.94. The number of carbonyl (C=O) groups is 2. The summed E-state index contributed by atoms with van der Waals surface area (Å²) in [6, 6.07) is 32.3. The molecule has 6 heteroatoms. The minimum atomic E-state index is -0.467. The zero-order valence-electron chi connectivity index (χ0n) is 18.3. The molecule has 2 amide bonds. The number of hydrogen-bond acceptors (Lipinski definition) is 3. The van der Waals surface area contributed by atoms with Gasteiger partial charge in [-0.25, -0.2) is 0 Å². The fourth-order valence-corrected chi connectivity index (χ4v) is 3.79. The van der Waals surface area contributed by atoms with Crippen molar-refractivity contribution in [2.45, 2.75) is 6.42 Å². The quantitative estimate of drug-likeness (QED) is 0.305. The van der Waals surface area contributed by atoms with Crippen LogP contribution in [0.15, 0.2) is 108 Å². The molecule has 0 radical (unpaired) electrons. The first kappa shape index (κ1) is 23.3. The smallest absolute Gasteiger partial charge is 0.273 e. The van der Waals surface area contributed by atoms with Crippen LogP contribution in [0.2, 0.25) is 0 Å². The molecule has 0 aliphatic carbocycles. The van der Waals surface area contributed by atoms with Gasteiger partial charge in [0.1, 0.15) is 5.75 Å². The van der Waals surface area contributed by atoms with Crippen LogP contribution in [0, 0.1) is 0 Å². The van der Waals surface area contributed by atoms with Crippen LogP contribution >= 0.6 is 15.9 Å². The van der Waals surface area contributed by atoms with E-state index >= 15 is 0 Å². The molecule has 0 aromatic heterocycles. The lowest BCUT2D eigenvalue weighted by Gasteiger charge is -2.13. The molecular weight excluding hydrogens is 492 g/mol. The Morgan fingerprint density at radius 2 is 1.32 bits per heavy atom. The molecule has 2 N–H and O–H groups in total. The minimum Gasteiger partial charge on any atom is -0.492 e. The highest BCUT2D eigenvalue weighted by Crippen LogP contribution is 2.24. The lowest BCUT2D eigenvalue weighted by Crippen LogP contribution is -2.41. The Bertz CT molecular complexity index is 1260. The zero-order valence-corrected chi connectivity index (χ0v) is 19.9. The Hall–Kier alpha value is -3.90. The number of hydrazine groups is 1. The van der Waals surface area contributed by atoms with Gasteiger partial charge in [0.15, 0.2) is 0 Å². The van der Waals surface area contributed by atoms with E-state index < -0.39 is 11.8 Å². The average Bonchev–Trinajstić information content (AvgIpc) is 2.89. The SMILES string of the molecule is O=C(NNC(=O)c1cc(Br)ccc1OCCc1ccccc1)c1ccc(-c2ccccc2)cc1. The van der Waals surface area contributed by atoms with Gasteiger partial charge in [-0.2, -0.15) is 0 Å². The number of nitrogens with one attached hydrogen (secondary N) is 2. The maximum Gasteiger partial charge on any atom is 0.273 e. The summed E-state index contributed by atoms with van der Waals surface area (Å²) in [6.07, 6.45) is 0.716. The molecule has 0 aliphatic rings. The van der Waals surface area contributed by atoms with Crippen molar-refractivity contribution in [1.29, 1.82) is 0 Å². The molecule has 0 aliphatic heterocycles. The molecule has 4 rings (SSSR count). The average molecular weight is 515 g/mol. The van der Waals surface area contributed by atoms with Crippen molar-refractivity contribution in [2.24, 2.45) is 0 Å². The molecule has 0 atom stereocenters. The van der Waals surface area contributed by atoms with Gasteiger partial charge in [0.05, 0.1) is 12.2 Å². The van der Waals surface area contributed by atoms with Gasteiger partial charge in [-0.3, -0.25) is 20.4 Å². The second-order valence-corrected chi connectivity index (χ2v) is 8.49. The predicted molar refractivity (Wildman–Crippen MR) is 137 cm³/mol. The number of rotatable bonds is 7. The fourth-order valence-electron chi connectivity index (χ4n) is 3.43. The Kier molecular flexibility index (Phi) is 7.73. The molecule has 0 bridgehead atoms. The number of benzene rings is 4. The van der Waals surface area contributed by atoms with Crippen LogP contribution in [0.1, 0.15) is 26.3 Å². The number of ether oxygens (including phenoxy) is 1. The van der Waals surface area contributed by atoms with Crippen molar-refractivity contribution in [3.8, 4) is 16.9 Å². The van der Waals surface area contributed by atoms with Gasteiger partial charge in [-0.15, -0.1) is 0 Å². The van der Waals surface area contributed by atoms with Crippen LogP contribution in [0.25, 0.3) is 11.1 Å². The Labute approximate surface area is 206 Å². The third-order valence-corrected chi connectivity index (χ3v) is 5.71. The van der Waals surface area contributed by atoms with Crippen molar-refractivity contribution >= 4 is 27.7 Å². The Balaban J connectivity index is 1.36. The molecule has 4 aromatic rings. The third kappa shape index (κ3) is 6.11. The van der Waals surface area contributed by atoms with Gasteiger partial charge in [0, 0.05) is 16.5 Å². The maximum atomic E-state index is 12.8. The summed E-state index contributed by atoms with van der Waals surface area (Å²) in [6.45, 7) is 0.423. The van der Waals surface area contributed by atoms with Crippen LogP contribution in [0.3, 0.4) is 0 Å². The number of halogens is 1. The van der Waals surface area contributed by atoms with Gasteiger partial charge >= 0.3 is 0 Å². The van der Waals surface area contributed by atoms with Crippen LogP contribution in [-0.2, 0) is 6.42 Å². The molecule has 0 saturated heterocycles. The zero-order chi connectivity index (χ0) is 23.8. The van der Waals surface area contributed by atoms with Gasteiger partial charge in [-0.05, 0) is 47.0 Å². The molecule has 5 nitrogen and oxygen atoms in total. The van der Waals surface area contributed by atoms with Crippen molar-refractivity contribution in [3.63, 3.8) is 0 Å². The Morgan fingerprint density at radius 3 is 2.03 bits per heavy atom. The highest BCUT2D eigenvalue weighted by Gasteiger charge is 2.15. The fraction of sp³-hybridized carbons (Fsp3) is 0.0714. The summed E-state index contributed by atoms with van der Waals surface area (Å²) < 4.78 is 6.60. The molecule has 0 spiro atoms. The first-order chi connectivity index (χ1) is 16.6. The number of carbonyl (C=O) groups excluding carboxylic acids is 2. The summed E-state index contributed by atoms with van der Waals surface area (Å²) in [5, 5.41) is 0. The topological polar surface area (TPSA) is 67.4 Å². The molecule has 0 heterocycles. The van der Waals surface area contributed by atoms with E-state index in [0.717, 1.165) is 21.2 Å². The summed E-state index contributed by atoms with van der Waals surface area (Å²) in [5.74, 6) is -0.433. The van der Waals surface area contributed by atoms with Gasteiger partial charge in [0.25, 0.3) is 11.8 Å². The second-order valence-electron chi connectivity index (χ2n) is 7.58. The van der Waals surface area contributed by atoms with Crippen molar-refractivity contribution < 1.29 is 14.3 Å². The number of amides is 2. The van der Waals surface area contributed by atoms with Gasteiger partial charge < -0.3 is 4.74 Å². The van der Waals surface area contributed by atoms with Crippen LogP contribution in [0.4, 0.5) is 0 Å². The van der Waals surface area contributed by atoms with E-state index in [9.17, 15) is 9.59 Å². The predicted octanol–water partition coefficient (Wildman–Crippen LogP) is 5.81. The normalized spacial score (nSPS) is 10.4. The molecule has 4 aromatic carbocycles. The van der Waals surface area contributed by atoms with E-state index in [2.05, 4.69) is 26.8 Å². The first-order valence-electron chi connectivity index (χ1n) is 10.8. The van der Waals surface area contributed by atoms with Gasteiger partial charge in [-0.1, -0.05) is 88.7 Å². The van der Waals surface area contributed by atoms with Crippen LogP contribution in [0.5, 0.6) is 5.75 Å². The largest absolute Gasteiger partial charge is 0.492 e. The van der Waals surface area contributed by atoms with E-state index in [1.807, 2.05) is 78.9 Å². The molecule has 170 valence electrons. The standard InChI is InChI=1S/C28H23BrN2O3/c29-24-15-16-26(34-18-17-20-7-3-1-4-8-20)25(19-24)28(33)31-30-27(32)23-13-11-22(12-14-23)21-9-5-2-6-10-21/h1-16,19H,17-18H2,(H,30,32)(H,31,33). The lowest BCUT2D eigenvalue weighted by molar-refractivity contribution is 0.0844. The van der Waals surface area contributed by atoms with Crippen molar-refractivity contribution in [3.05, 3.63) is 124 Å². The summed E-state index contributed by atoms with van der Waals surface area (Å²) in [7, 11) is 0. The lowest BCUT2D eigenvalue weighted by atomic mass is 10.0. The minimum absolute atomic E-state index is 0.321. The van der Waals surface area contributed by atoms with Crippen LogP contribution in [-0.4, -0.2) is 18.4 Å². The monoisotopic (exact) mass is 514 g/mol. The van der Waals surface area contributed by atoms with Crippen LogP contribution < -0.4 is 15.6 Å². The van der Waals surface area contributed by atoms with E-state index in [4.69, 9.17) is 4.74 Å². The van der Waals surface area contributed by atoms with Gasteiger partial charge in [0.2, 0.25) is 0 Å². The first-order valence-corrected chi connectivity index (χ1v) is 11.6. The maximum absolute atomic E-state index is 12.8. The number of hydrogen-bond donors (Lipinski definition) is 2. The summed E-state index contributed by atoms with van der Waals surface area (Å²) >= 11 is 3.39. The molecule has 0 fully saturated rings. The van der Waals surface area contributed by atoms with E-state index in [1.54, 1.807) is 24.3 Å².